The number of nitriles is 2. The summed E-state index contributed by atoms with van der Waals surface area (Å²) in [6, 6.07) is 8.07. The van der Waals surface area contributed by atoms with E-state index in [-0.39, 0.29) is 6.54 Å². The average Bonchev–Trinajstić information content (AvgIpc) is 2.17. The average molecular weight is 203 g/mol. The predicted octanol–water partition coefficient (Wildman–Crippen LogP) is 1.65. The van der Waals surface area contributed by atoms with E-state index in [0.29, 0.717) is 17.7 Å². The largest absolute Gasteiger partial charge is 0.289 e. The summed E-state index contributed by atoms with van der Waals surface area (Å²) in [5, 5.41) is 17.1. The van der Waals surface area contributed by atoms with Gasteiger partial charge in [0.1, 0.15) is 5.82 Å². The third kappa shape index (κ3) is 3.38. The molecule has 0 saturated carbocycles. The molecule has 1 rings (SSSR count). The van der Waals surface area contributed by atoms with Crippen molar-refractivity contribution in [2.45, 2.75) is 6.54 Å². The van der Waals surface area contributed by atoms with Gasteiger partial charge in [-0.25, -0.2) is 4.39 Å². The molecule has 0 amide bonds. The number of halogens is 1. The highest BCUT2D eigenvalue weighted by atomic mass is 19.1. The van der Waals surface area contributed by atoms with Crippen LogP contribution in [0, 0.1) is 28.5 Å². The second kappa shape index (κ2) is 5.09. The highest BCUT2D eigenvalue weighted by Gasteiger charge is 2.03. The maximum atomic E-state index is 13.0. The standard InChI is InChI=1S/C11H10FN3/c1-15(3-2-13)8-10-4-9(7-14)5-11(12)6-10/h4-6H,3,8H2,1H3. The molecule has 0 bridgehead atoms. The van der Waals surface area contributed by atoms with E-state index in [0.717, 1.165) is 0 Å². The van der Waals surface area contributed by atoms with E-state index in [9.17, 15) is 4.39 Å². The maximum absolute atomic E-state index is 13.0. The first kappa shape index (κ1) is 11.2. The Balaban J connectivity index is 2.83. The lowest BCUT2D eigenvalue weighted by Crippen LogP contribution is -2.17. The molecule has 0 unspecified atom stereocenters. The van der Waals surface area contributed by atoms with Gasteiger partial charge in [-0.2, -0.15) is 10.5 Å². The van der Waals surface area contributed by atoms with Gasteiger partial charge >= 0.3 is 0 Å². The normalized spacial score (nSPS) is 9.67. The second-order valence-electron chi connectivity index (χ2n) is 3.29. The Morgan fingerprint density at radius 3 is 2.67 bits per heavy atom. The van der Waals surface area contributed by atoms with Crippen molar-refractivity contribution in [3.05, 3.63) is 35.1 Å². The van der Waals surface area contributed by atoms with Crippen molar-refractivity contribution in [1.29, 1.82) is 10.5 Å². The maximum Gasteiger partial charge on any atom is 0.124 e. The summed E-state index contributed by atoms with van der Waals surface area (Å²) >= 11 is 0. The Morgan fingerprint density at radius 2 is 2.07 bits per heavy atom. The van der Waals surface area contributed by atoms with E-state index in [2.05, 4.69) is 0 Å². The molecule has 0 N–H and O–H groups in total. The fourth-order valence-corrected chi connectivity index (χ4v) is 1.29. The zero-order valence-electron chi connectivity index (χ0n) is 8.37. The summed E-state index contributed by atoms with van der Waals surface area (Å²) in [6.45, 7) is 0.735. The Bertz CT molecular complexity index is 428. The van der Waals surface area contributed by atoms with Crippen LogP contribution in [0.15, 0.2) is 18.2 Å². The van der Waals surface area contributed by atoms with E-state index in [1.54, 1.807) is 18.0 Å². The molecule has 76 valence electrons. The number of benzene rings is 1. The van der Waals surface area contributed by atoms with Crippen molar-refractivity contribution in [3.63, 3.8) is 0 Å². The Morgan fingerprint density at radius 1 is 1.33 bits per heavy atom. The number of nitrogens with zero attached hydrogens (tertiary/aromatic N) is 3. The zero-order chi connectivity index (χ0) is 11.3. The lowest BCUT2D eigenvalue weighted by molar-refractivity contribution is 0.366. The quantitative estimate of drug-likeness (QED) is 0.702. The summed E-state index contributed by atoms with van der Waals surface area (Å²) in [5.74, 6) is -0.422. The Kier molecular flexibility index (Phi) is 3.79. The molecule has 0 fully saturated rings. The molecule has 0 radical (unpaired) electrons. The zero-order valence-corrected chi connectivity index (χ0v) is 8.37. The lowest BCUT2D eigenvalue weighted by Gasteiger charge is -2.12. The van der Waals surface area contributed by atoms with Gasteiger partial charge in [0.15, 0.2) is 0 Å². The molecular weight excluding hydrogens is 193 g/mol. The first-order chi connectivity index (χ1) is 7.15. The molecule has 1 aromatic carbocycles. The topological polar surface area (TPSA) is 50.8 Å². The first-order valence-electron chi connectivity index (χ1n) is 4.41. The van der Waals surface area contributed by atoms with Crippen LogP contribution in [0.5, 0.6) is 0 Å². The van der Waals surface area contributed by atoms with Crippen LogP contribution in [-0.2, 0) is 6.54 Å². The molecule has 15 heavy (non-hydrogen) atoms. The van der Waals surface area contributed by atoms with Crippen molar-refractivity contribution >= 4 is 0 Å². The van der Waals surface area contributed by atoms with Crippen LogP contribution < -0.4 is 0 Å². The summed E-state index contributed by atoms with van der Waals surface area (Å²) in [7, 11) is 1.76. The predicted molar refractivity (Wildman–Crippen MR) is 53.1 cm³/mol. The lowest BCUT2D eigenvalue weighted by atomic mass is 10.1. The molecule has 0 aliphatic heterocycles. The van der Waals surface area contributed by atoms with Crippen molar-refractivity contribution < 1.29 is 4.39 Å². The minimum absolute atomic E-state index is 0.276. The third-order valence-corrected chi connectivity index (χ3v) is 1.88. The molecular formula is C11H10FN3. The van der Waals surface area contributed by atoms with Gasteiger partial charge in [-0.1, -0.05) is 0 Å². The number of hydrogen-bond donors (Lipinski definition) is 0. The van der Waals surface area contributed by atoms with Gasteiger partial charge in [-0.15, -0.1) is 0 Å². The van der Waals surface area contributed by atoms with E-state index < -0.39 is 5.82 Å². The Labute approximate surface area is 88.0 Å². The second-order valence-corrected chi connectivity index (χ2v) is 3.29. The molecule has 3 nitrogen and oxygen atoms in total. The minimum Gasteiger partial charge on any atom is -0.289 e. The van der Waals surface area contributed by atoms with Crippen molar-refractivity contribution in [2.75, 3.05) is 13.6 Å². The number of hydrogen-bond acceptors (Lipinski definition) is 3. The van der Waals surface area contributed by atoms with Gasteiger partial charge in [0.2, 0.25) is 0 Å². The van der Waals surface area contributed by atoms with Crippen LogP contribution in [0.25, 0.3) is 0 Å². The van der Waals surface area contributed by atoms with E-state index in [4.69, 9.17) is 10.5 Å². The van der Waals surface area contributed by atoms with Gasteiger partial charge in [0.05, 0.1) is 24.2 Å². The molecule has 1 aromatic rings. The fourth-order valence-electron chi connectivity index (χ4n) is 1.29. The molecule has 0 aliphatic carbocycles. The van der Waals surface area contributed by atoms with Crippen LogP contribution in [0.1, 0.15) is 11.1 Å². The molecule has 0 saturated heterocycles. The van der Waals surface area contributed by atoms with Crippen LogP contribution >= 0.6 is 0 Å². The molecule has 0 aliphatic rings. The minimum atomic E-state index is -0.422. The Hall–Kier alpha value is -1.91. The first-order valence-corrected chi connectivity index (χ1v) is 4.41. The van der Waals surface area contributed by atoms with Gasteiger partial charge < -0.3 is 0 Å². The smallest absolute Gasteiger partial charge is 0.124 e. The molecule has 0 atom stereocenters. The van der Waals surface area contributed by atoms with Crippen molar-refractivity contribution in [3.8, 4) is 12.1 Å². The summed E-state index contributed by atoms with van der Waals surface area (Å²) in [6.07, 6.45) is 0. The van der Waals surface area contributed by atoms with Gasteiger partial charge in [0, 0.05) is 6.54 Å². The van der Waals surface area contributed by atoms with E-state index >= 15 is 0 Å². The van der Waals surface area contributed by atoms with Crippen molar-refractivity contribution in [2.24, 2.45) is 0 Å². The summed E-state index contributed by atoms with van der Waals surface area (Å²) in [5.41, 5.74) is 1.000. The van der Waals surface area contributed by atoms with Gasteiger partial charge in [0.25, 0.3) is 0 Å². The summed E-state index contributed by atoms with van der Waals surface area (Å²) in [4.78, 5) is 1.75. The summed E-state index contributed by atoms with van der Waals surface area (Å²) < 4.78 is 13.0. The van der Waals surface area contributed by atoms with Gasteiger partial charge in [-0.05, 0) is 30.8 Å². The molecule has 0 heterocycles. The highest BCUT2D eigenvalue weighted by Crippen LogP contribution is 2.10. The monoisotopic (exact) mass is 203 g/mol. The number of rotatable bonds is 3. The van der Waals surface area contributed by atoms with Gasteiger partial charge in [-0.3, -0.25) is 4.90 Å². The van der Waals surface area contributed by atoms with Crippen molar-refractivity contribution in [1.82, 2.24) is 4.90 Å². The highest BCUT2D eigenvalue weighted by molar-refractivity contribution is 5.33. The third-order valence-electron chi connectivity index (χ3n) is 1.88. The SMILES string of the molecule is CN(CC#N)Cc1cc(F)cc(C#N)c1. The van der Waals surface area contributed by atoms with Crippen LogP contribution in [0.2, 0.25) is 0 Å². The molecule has 0 spiro atoms. The van der Waals surface area contributed by atoms with Crippen LogP contribution in [0.3, 0.4) is 0 Å². The fraction of sp³-hybridized carbons (Fsp3) is 0.273. The van der Waals surface area contributed by atoms with E-state index in [1.165, 1.54) is 12.1 Å². The molecule has 0 aromatic heterocycles. The van der Waals surface area contributed by atoms with Crippen LogP contribution in [-0.4, -0.2) is 18.5 Å². The van der Waals surface area contributed by atoms with Crippen LogP contribution in [0.4, 0.5) is 4.39 Å². The molecule has 4 heteroatoms. The van der Waals surface area contributed by atoms with E-state index in [1.807, 2.05) is 12.1 Å².